The molecule has 3 unspecified atom stereocenters. The van der Waals surface area contributed by atoms with Gasteiger partial charge in [-0.25, -0.2) is 0 Å². The molecule has 2 bridgehead atoms. The fraction of sp³-hybridized carbons (Fsp3) is 0.333. The summed E-state index contributed by atoms with van der Waals surface area (Å²) in [5.74, 6) is 2.32. The summed E-state index contributed by atoms with van der Waals surface area (Å²) in [7, 11) is 0. The number of thioether (sulfide) groups is 1. The minimum absolute atomic E-state index is 0.00665. The van der Waals surface area contributed by atoms with Gasteiger partial charge in [0.05, 0.1) is 9.83 Å². The number of rotatable bonds is 4. The molecule has 29 heavy (non-hydrogen) atoms. The fourth-order valence-corrected chi connectivity index (χ4v) is 6.13. The van der Waals surface area contributed by atoms with E-state index in [-0.39, 0.29) is 17.6 Å². The largest absolute Gasteiger partial charge is 0.457 e. The first-order chi connectivity index (χ1) is 14.0. The Morgan fingerprint density at radius 2 is 2.10 bits per heavy atom. The molecule has 1 saturated heterocycles. The highest BCUT2D eigenvalue weighted by Crippen LogP contribution is 2.49. The summed E-state index contributed by atoms with van der Waals surface area (Å²) in [5, 5.41) is 11.0. The van der Waals surface area contributed by atoms with Crippen LogP contribution in [0.15, 0.2) is 45.7 Å². The number of fused-ring (bicyclic) bond motifs is 2. The Bertz CT molecular complexity index is 1060. The van der Waals surface area contributed by atoms with Crippen LogP contribution in [0.3, 0.4) is 0 Å². The Hall–Kier alpha value is -2.45. The van der Waals surface area contributed by atoms with Gasteiger partial charge in [-0.1, -0.05) is 42.5 Å². The zero-order valence-electron chi connectivity index (χ0n) is 15.4. The number of furan rings is 1. The number of nitro groups is 1. The first-order valence-corrected chi connectivity index (χ1v) is 10.8. The van der Waals surface area contributed by atoms with Crippen molar-refractivity contribution >= 4 is 46.0 Å². The number of nitro benzene ring substituents is 1. The smallest absolute Gasteiger partial charge is 0.270 e. The van der Waals surface area contributed by atoms with Gasteiger partial charge in [-0.15, -0.1) is 0 Å². The number of nitrogens with zero attached hydrogens (tertiary/aromatic N) is 2. The second-order valence-electron chi connectivity index (χ2n) is 7.80. The first kappa shape index (κ1) is 18.6. The Morgan fingerprint density at radius 1 is 1.24 bits per heavy atom. The van der Waals surface area contributed by atoms with E-state index in [1.54, 1.807) is 30.3 Å². The molecular weight excluding hydrogens is 408 g/mol. The second-order valence-corrected chi connectivity index (χ2v) is 9.48. The van der Waals surface area contributed by atoms with Crippen molar-refractivity contribution in [3.8, 4) is 11.3 Å². The second kappa shape index (κ2) is 7.11. The van der Waals surface area contributed by atoms with Crippen molar-refractivity contribution < 1.29 is 14.1 Å². The SMILES string of the molecule is O=C1C(=Cc2ccc(-c3cccc([N+](=O)[O-])c3)o2)SC(=S)N1C1CC2CCC1C2. The van der Waals surface area contributed by atoms with Crippen molar-refractivity contribution in [2.45, 2.75) is 31.7 Å². The lowest BCUT2D eigenvalue weighted by molar-refractivity contribution is -0.384. The summed E-state index contributed by atoms with van der Waals surface area (Å²) in [6.45, 7) is 0. The third-order valence-electron chi connectivity index (χ3n) is 6.10. The van der Waals surface area contributed by atoms with Crippen LogP contribution in [-0.2, 0) is 4.79 Å². The highest BCUT2D eigenvalue weighted by Gasteiger charge is 2.47. The zero-order chi connectivity index (χ0) is 20.1. The van der Waals surface area contributed by atoms with Gasteiger partial charge in [-0.3, -0.25) is 19.8 Å². The van der Waals surface area contributed by atoms with Gasteiger partial charge in [0.1, 0.15) is 15.8 Å². The standard InChI is InChI=1S/C21H18N2O4S2/c24-20-19(29-21(28)22(20)17-9-12-4-5-13(17)8-12)11-16-6-7-18(27-16)14-2-1-3-15(10-14)23(25)26/h1-3,6-7,10-13,17H,4-5,8-9H2. The molecule has 1 aliphatic heterocycles. The predicted molar refractivity (Wildman–Crippen MR) is 115 cm³/mol. The minimum Gasteiger partial charge on any atom is -0.457 e. The number of carbonyl (C=O) groups excluding carboxylic acids is 1. The van der Waals surface area contributed by atoms with Crippen LogP contribution in [-0.4, -0.2) is 26.1 Å². The molecule has 5 rings (SSSR count). The summed E-state index contributed by atoms with van der Waals surface area (Å²) < 4.78 is 6.46. The quantitative estimate of drug-likeness (QED) is 0.288. The zero-order valence-corrected chi connectivity index (χ0v) is 17.1. The highest BCUT2D eigenvalue weighted by molar-refractivity contribution is 8.26. The molecular formula is C21H18N2O4S2. The van der Waals surface area contributed by atoms with E-state index in [1.807, 2.05) is 4.90 Å². The number of hydrogen-bond donors (Lipinski definition) is 0. The molecule has 3 aliphatic rings. The molecule has 0 radical (unpaired) electrons. The maximum atomic E-state index is 13.0. The Balaban J connectivity index is 1.38. The Labute approximate surface area is 177 Å². The molecule has 1 aromatic heterocycles. The average molecular weight is 427 g/mol. The molecule has 2 aliphatic carbocycles. The lowest BCUT2D eigenvalue weighted by atomic mass is 9.94. The van der Waals surface area contributed by atoms with Crippen LogP contribution in [0, 0.1) is 22.0 Å². The van der Waals surface area contributed by atoms with Crippen LogP contribution < -0.4 is 0 Å². The van der Waals surface area contributed by atoms with E-state index in [4.69, 9.17) is 16.6 Å². The lowest BCUT2D eigenvalue weighted by Gasteiger charge is -2.30. The third kappa shape index (κ3) is 3.30. The molecule has 148 valence electrons. The Morgan fingerprint density at radius 3 is 2.83 bits per heavy atom. The molecule has 2 saturated carbocycles. The number of non-ortho nitro benzene ring substituents is 1. The van der Waals surface area contributed by atoms with Crippen molar-refractivity contribution in [3.63, 3.8) is 0 Å². The molecule has 2 heterocycles. The highest BCUT2D eigenvalue weighted by atomic mass is 32.2. The molecule has 8 heteroatoms. The average Bonchev–Trinajstić information content (AvgIpc) is 3.48. The molecule has 2 aromatic rings. The van der Waals surface area contributed by atoms with Crippen molar-refractivity contribution in [1.82, 2.24) is 4.90 Å². The number of hydrogen-bond acceptors (Lipinski definition) is 6. The molecule has 0 spiro atoms. The number of thiocarbonyl (C=S) groups is 1. The monoisotopic (exact) mass is 426 g/mol. The van der Waals surface area contributed by atoms with Gasteiger partial charge < -0.3 is 4.42 Å². The van der Waals surface area contributed by atoms with E-state index in [0.29, 0.717) is 32.2 Å². The molecule has 3 atom stereocenters. The van der Waals surface area contributed by atoms with Gasteiger partial charge in [0, 0.05) is 29.8 Å². The van der Waals surface area contributed by atoms with Crippen LogP contribution >= 0.6 is 24.0 Å². The maximum absolute atomic E-state index is 13.0. The van der Waals surface area contributed by atoms with Crippen molar-refractivity contribution in [2.24, 2.45) is 11.8 Å². The molecule has 1 amide bonds. The van der Waals surface area contributed by atoms with Crippen molar-refractivity contribution in [3.05, 3.63) is 57.2 Å². The molecule has 6 nitrogen and oxygen atoms in total. The van der Waals surface area contributed by atoms with Crippen LogP contribution in [0.25, 0.3) is 17.4 Å². The van der Waals surface area contributed by atoms with E-state index in [2.05, 4.69) is 0 Å². The summed E-state index contributed by atoms with van der Waals surface area (Å²) >= 11 is 6.84. The Kier molecular flexibility index (Phi) is 4.55. The topological polar surface area (TPSA) is 76.6 Å². The normalized spacial score (nSPS) is 27.4. The predicted octanol–water partition coefficient (Wildman–Crippen LogP) is 5.24. The van der Waals surface area contributed by atoms with Gasteiger partial charge in [0.2, 0.25) is 0 Å². The van der Waals surface area contributed by atoms with E-state index in [1.165, 1.54) is 43.2 Å². The number of carbonyl (C=O) groups is 1. The van der Waals surface area contributed by atoms with E-state index in [0.717, 1.165) is 12.3 Å². The van der Waals surface area contributed by atoms with Crippen LogP contribution in [0.5, 0.6) is 0 Å². The maximum Gasteiger partial charge on any atom is 0.270 e. The van der Waals surface area contributed by atoms with Crippen LogP contribution in [0.4, 0.5) is 5.69 Å². The van der Waals surface area contributed by atoms with E-state index in [9.17, 15) is 14.9 Å². The molecule has 0 N–H and O–H groups in total. The van der Waals surface area contributed by atoms with Crippen LogP contribution in [0.1, 0.15) is 31.4 Å². The van der Waals surface area contributed by atoms with Gasteiger partial charge in [-0.05, 0) is 43.2 Å². The summed E-state index contributed by atoms with van der Waals surface area (Å²) in [6.07, 6.45) is 6.45. The summed E-state index contributed by atoms with van der Waals surface area (Å²) in [5.41, 5.74) is 0.626. The van der Waals surface area contributed by atoms with Gasteiger partial charge in [0.15, 0.2) is 0 Å². The lowest BCUT2D eigenvalue weighted by Crippen LogP contribution is -2.41. The molecule has 1 aromatic carbocycles. The minimum atomic E-state index is -0.436. The fourth-order valence-electron chi connectivity index (χ4n) is 4.78. The van der Waals surface area contributed by atoms with E-state index >= 15 is 0 Å². The van der Waals surface area contributed by atoms with Crippen molar-refractivity contribution in [1.29, 1.82) is 0 Å². The summed E-state index contributed by atoms with van der Waals surface area (Å²) in [6, 6.07) is 10.0. The van der Waals surface area contributed by atoms with Gasteiger partial charge in [-0.2, -0.15) is 0 Å². The number of amides is 1. The number of benzene rings is 1. The van der Waals surface area contributed by atoms with Gasteiger partial charge in [0.25, 0.3) is 11.6 Å². The third-order valence-corrected chi connectivity index (χ3v) is 7.43. The first-order valence-electron chi connectivity index (χ1n) is 9.61. The summed E-state index contributed by atoms with van der Waals surface area (Å²) in [4.78, 5) is 25.9. The van der Waals surface area contributed by atoms with Crippen LogP contribution in [0.2, 0.25) is 0 Å². The van der Waals surface area contributed by atoms with E-state index < -0.39 is 4.92 Å². The van der Waals surface area contributed by atoms with Crippen molar-refractivity contribution in [2.75, 3.05) is 0 Å². The van der Waals surface area contributed by atoms with Gasteiger partial charge >= 0.3 is 0 Å². The molecule has 3 fully saturated rings.